The third-order valence-corrected chi connectivity index (χ3v) is 6.95. The molecular formula is C21H25FN2O3S. The van der Waals surface area contributed by atoms with Crippen LogP contribution in [0.5, 0.6) is 0 Å². The number of nitrogens with zero attached hydrogens (tertiary/aromatic N) is 1. The van der Waals surface area contributed by atoms with E-state index in [0.29, 0.717) is 18.7 Å². The first kappa shape index (κ1) is 20.5. The highest BCUT2D eigenvalue weighted by Crippen LogP contribution is 2.21. The zero-order valence-electron chi connectivity index (χ0n) is 15.9. The van der Waals surface area contributed by atoms with E-state index in [9.17, 15) is 17.6 Å². The van der Waals surface area contributed by atoms with E-state index in [4.69, 9.17) is 0 Å². The average molecular weight is 405 g/mol. The summed E-state index contributed by atoms with van der Waals surface area (Å²) in [5.74, 6) is -0.640. The van der Waals surface area contributed by atoms with E-state index in [2.05, 4.69) is 5.32 Å². The minimum Gasteiger partial charge on any atom is -0.346 e. The Morgan fingerprint density at radius 3 is 2.11 bits per heavy atom. The first-order chi connectivity index (χ1) is 13.4. The fourth-order valence-electron chi connectivity index (χ4n) is 3.32. The van der Waals surface area contributed by atoms with E-state index in [1.807, 2.05) is 6.92 Å². The van der Waals surface area contributed by atoms with Crippen molar-refractivity contribution in [2.24, 2.45) is 0 Å². The molecule has 1 N–H and O–H groups in total. The van der Waals surface area contributed by atoms with Gasteiger partial charge in [0.05, 0.1) is 10.9 Å². The average Bonchev–Trinajstić information content (AvgIpc) is 2.98. The van der Waals surface area contributed by atoms with Gasteiger partial charge in [0, 0.05) is 18.7 Å². The molecule has 7 heteroatoms. The number of carbonyl (C=O) groups excluding carboxylic acids is 1. The smallest absolute Gasteiger partial charge is 0.251 e. The molecular weight excluding hydrogens is 379 g/mol. The summed E-state index contributed by atoms with van der Waals surface area (Å²) in [6, 6.07) is 11.7. The first-order valence-electron chi connectivity index (χ1n) is 9.54. The highest BCUT2D eigenvalue weighted by atomic mass is 32.2. The normalized spacial score (nSPS) is 16.9. The Bertz CT molecular complexity index is 904. The van der Waals surface area contributed by atoms with Crippen LogP contribution in [0.1, 0.15) is 54.6 Å². The number of hydrogen-bond acceptors (Lipinski definition) is 3. The summed E-state index contributed by atoms with van der Waals surface area (Å²) in [4.78, 5) is 12.7. The predicted molar refractivity (Wildman–Crippen MR) is 106 cm³/mol. The number of amides is 1. The Kier molecular flexibility index (Phi) is 6.46. The van der Waals surface area contributed by atoms with E-state index in [1.54, 1.807) is 12.1 Å². The Hall–Kier alpha value is -2.25. The molecule has 1 amide bonds. The Morgan fingerprint density at radius 1 is 0.964 bits per heavy atom. The molecule has 1 aliphatic heterocycles. The predicted octanol–water partition coefficient (Wildman–Crippen LogP) is 3.88. The summed E-state index contributed by atoms with van der Waals surface area (Å²) in [5.41, 5.74) is 1.17. The van der Waals surface area contributed by atoms with Gasteiger partial charge >= 0.3 is 0 Å². The Morgan fingerprint density at radius 2 is 1.54 bits per heavy atom. The second-order valence-corrected chi connectivity index (χ2v) is 9.03. The molecule has 0 aliphatic carbocycles. The van der Waals surface area contributed by atoms with Crippen LogP contribution in [0.4, 0.5) is 4.39 Å². The lowest BCUT2D eigenvalue weighted by Crippen LogP contribution is -2.32. The van der Waals surface area contributed by atoms with Crippen molar-refractivity contribution in [3.8, 4) is 0 Å². The monoisotopic (exact) mass is 404 g/mol. The van der Waals surface area contributed by atoms with Gasteiger partial charge in [-0.1, -0.05) is 25.0 Å². The molecule has 0 aromatic heterocycles. The zero-order valence-corrected chi connectivity index (χ0v) is 16.7. The van der Waals surface area contributed by atoms with E-state index < -0.39 is 10.0 Å². The highest BCUT2D eigenvalue weighted by molar-refractivity contribution is 7.89. The van der Waals surface area contributed by atoms with Crippen LogP contribution in [-0.2, 0) is 10.0 Å². The second kappa shape index (κ2) is 8.84. The summed E-state index contributed by atoms with van der Waals surface area (Å²) in [6.45, 7) is 2.89. The third kappa shape index (κ3) is 4.77. The molecule has 1 atom stereocenters. The molecule has 1 fully saturated rings. The summed E-state index contributed by atoms with van der Waals surface area (Å²) in [5, 5.41) is 2.84. The highest BCUT2D eigenvalue weighted by Gasteiger charge is 2.25. The fourth-order valence-corrected chi connectivity index (χ4v) is 4.84. The van der Waals surface area contributed by atoms with Crippen LogP contribution >= 0.6 is 0 Å². The summed E-state index contributed by atoms with van der Waals surface area (Å²) in [7, 11) is -3.53. The van der Waals surface area contributed by atoms with E-state index in [1.165, 1.54) is 40.7 Å². The minimum absolute atomic E-state index is 0.206. The lowest BCUT2D eigenvalue weighted by Gasteiger charge is -2.20. The van der Waals surface area contributed by atoms with Crippen LogP contribution in [0.3, 0.4) is 0 Å². The molecule has 28 heavy (non-hydrogen) atoms. The molecule has 0 bridgehead atoms. The molecule has 0 unspecified atom stereocenters. The second-order valence-electron chi connectivity index (χ2n) is 7.09. The van der Waals surface area contributed by atoms with Gasteiger partial charge in [0.15, 0.2) is 0 Å². The summed E-state index contributed by atoms with van der Waals surface area (Å²) >= 11 is 0. The van der Waals surface area contributed by atoms with Gasteiger partial charge in [-0.25, -0.2) is 12.8 Å². The molecule has 1 heterocycles. The largest absolute Gasteiger partial charge is 0.346 e. The molecule has 0 spiro atoms. The number of hydrogen-bond donors (Lipinski definition) is 1. The van der Waals surface area contributed by atoms with Gasteiger partial charge in [-0.3, -0.25) is 4.79 Å². The molecule has 3 rings (SSSR count). The number of sulfonamides is 1. The maximum Gasteiger partial charge on any atom is 0.251 e. The maximum absolute atomic E-state index is 13.0. The van der Waals surface area contributed by atoms with Crippen molar-refractivity contribution in [1.82, 2.24) is 9.62 Å². The van der Waals surface area contributed by atoms with Gasteiger partial charge < -0.3 is 5.32 Å². The van der Waals surface area contributed by atoms with Gasteiger partial charge in [-0.2, -0.15) is 4.31 Å². The molecule has 150 valence electrons. The molecule has 2 aromatic carbocycles. The third-order valence-electron chi connectivity index (χ3n) is 5.04. The molecule has 1 saturated heterocycles. The van der Waals surface area contributed by atoms with Crippen LogP contribution < -0.4 is 5.32 Å². The van der Waals surface area contributed by atoms with Crippen LogP contribution in [-0.4, -0.2) is 31.7 Å². The van der Waals surface area contributed by atoms with E-state index in [0.717, 1.165) is 31.2 Å². The minimum atomic E-state index is -3.53. The van der Waals surface area contributed by atoms with Crippen molar-refractivity contribution in [2.45, 2.75) is 43.5 Å². The standard InChI is InChI=1S/C21H25FN2O3S/c1-16(17-6-10-19(22)11-7-17)23-21(25)18-8-12-20(13-9-18)28(26,27)24-14-4-2-3-5-15-24/h6-13,16H,2-5,14-15H2,1H3,(H,23,25)/t16-/m0/s1. The van der Waals surface area contributed by atoms with Gasteiger partial charge in [0.1, 0.15) is 5.82 Å². The van der Waals surface area contributed by atoms with Crippen LogP contribution in [0.15, 0.2) is 53.4 Å². The first-order valence-corrected chi connectivity index (χ1v) is 11.0. The van der Waals surface area contributed by atoms with Crippen molar-refractivity contribution in [3.05, 3.63) is 65.5 Å². The van der Waals surface area contributed by atoms with Crippen LogP contribution in [0.2, 0.25) is 0 Å². The fraction of sp³-hybridized carbons (Fsp3) is 0.381. The summed E-state index contributed by atoms with van der Waals surface area (Å²) < 4.78 is 40.2. The Balaban J connectivity index is 1.69. The molecule has 1 aliphatic rings. The number of benzene rings is 2. The van der Waals surface area contributed by atoms with Crippen molar-refractivity contribution in [1.29, 1.82) is 0 Å². The SMILES string of the molecule is C[C@H](NC(=O)c1ccc(S(=O)(=O)N2CCCCCC2)cc1)c1ccc(F)cc1. The van der Waals surface area contributed by atoms with Crippen LogP contribution in [0.25, 0.3) is 0 Å². The van der Waals surface area contributed by atoms with Crippen molar-refractivity contribution in [3.63, 3.8) is 0 Å². The van der Waals surface area contributed by atoms with Crippen molar-refractivity contribution in [2.75, 3.05) is 13.1 Å². The number of nitrogens with one attached hydrogen (secondary N) is 1. The maximum atomic E-state index is 13.0. The van der Waals surface area contributed by atoms with E-state index >= 15 is 0 Å². The number of carbonyl (C=O) groups is 1. The van der Waals surface area contributed by atoms with Crippen molar-refractivity contribution < 1.29 is 17.6 Å². The van der Waals surface area contributed by atoms with Gasteiger partial charge in [0.25, 0.3) is 5.91 Å². The van der Waals surface area contributed by atoms with Crippen molar-refractivity contribution >= 4 is 15.9 Å². The van der Waals surface area contributed by atoms with Gasteiger partial charge in [-0.05, 0) is 61.7 Å². The lowest BCUT2D eigenvalue weighted by atomic mass is 10.1. The van der Waals surface area contributed by atoms with Gasteiger partial charge in [-0.15, -0.1) is 0 Å². The lowest BCUT2D eigenvalue weighted by molar-refractivity contribution is 0.0940. The Labute approximate surface area is 165 Å². The number of rotatable bonds is 5. The molecule has 5 nitrogen and oxygen atoms in total. The van der Waals surface area contributed by atoms with Gasteiger partial charge in [0.2, 0.25) is 10.0 Å². The van der Waals surface area contributed by atoms with Crippen LogP contribution in [0, 0.1) is 5.82 Å². The molecule has 2 aromatic rings. The topological polar surface area (TPSA) is 66.5 Å². The zero-order chi connectivity index (χ0) is 20.1. The number of halogens is 1. The molecule has 0 radical (unpaired) electrons. The quantitative estimate of drug-likeness (QED) is 0.822. The summed E-state index contributed by atoms with van der Waals surface area (Å²) in [6.07, 6.45) is 3.86. The molecule has 0 saturated carbocycles. The van der Waals surface area contributed by atoms with E-state index in [-0.39, 0.29) is 22.7 Å².